The van der Waals surface area contributed by atoms with Gasteiger partial charge in [0.1, 0.15) is 0 Å². The fourth-order valence-electron chi connectivity index (χ4n) is 3.56. The zero-order valence-electron chi connectivity index (χ0n) is 9.96. The van der Waals surface area contributed by atoms with Crippen LogP contribution in [0.15, 0.2) is 12.2 Å². The summed E-state index contributed by atoms with van der Waals surface area (Å²) in [6.45, 7) is 1.57. The second kappa shape index (κ2) is 4.10. The molecule has 1 saturated carbocycles. The number of carbonyl (C=O) groups is 1. The summed E-state index contributed by atoms with van der Waals surface area (Å²) in [5.74, 6) is 1.02. The van der Waals surface area contributed by atoms with Crippen molar-refractivity contribution < 1.29 is 9.90 Å². The maximum absolute atomic E-state index is 12.3. The summed E-state index contributed by atoms with van der Waals surface area (Å²) in [6.07, 6.45) is 6.39. The molecule has 0 aromatic heterocycles. The first-order valence-electron chi connectivity index (χ1n) is 6.56. The van der Waals surface area contributed by atoms with E-state index in [0.29, 0.717) is 11.8 Å². The predicted octanol–water partition coefficient (Wildman–Crippen LogP) is 0.119. The maximum Gasteiger partial charge on any atom is 0.229 e. The molecular formula is C13H20N2O2. The molecule has 3 N–H and O–H groups in total. The standard InChI is InChI=1S/C13H20N2O2/c14-10-3-1-8(5-10)13(17)15-6-9-2-4-12(16)11(9)7-15/h1,3,8-12,16H,2,4-7,14H2. The Bertz CT molecular complexity index is 355. The van der Waals surface area contributed by atoms with E-state index in [4.69, 9.17) is 5.73 Å². The number of likely N-dealkylation sites (tertiary alicyclic amines) is 1. The van der Waals surface area contributed by atoms with Crippen molar-refractivity contribution in [1.82, 2.24) is 4.90 Å². The quantitative estimate of drug-likeness (QED) is 0.635. The van der Waals surface area contributed by atoms with Crippen molar-refractivity contribution >= 4 is 5.91 Å². The van der Waals surface area contributed by atoms with Crippen LogP contribution in [0.5, 0.6) is 0 Å². The van der Waals surface area contributed by atoms with Crippen LogP contribution in [0.3, 0.4) is 0 Å². The molecule has 0 aromatic rings. The van der Waals surface area contributed by atoms with Gasteiger partial charge in [0.2, 0.25) is 5.91 Å². The van der Waals surface area contributed by atoms with Gasteiger partial charge in [0, 0.05) is 25.0 Å². The molecule has 1 saturated heterocycles. The molecule has 1 aliphatic heterocycles. The minimum Gasteiger partial charge on any atom is -0.393 e. The molecule has 0 bridgehead atoms. The van der Waals surface area contributed by atoms with Crippen LogP contribution in [-0.2, 0) is 4.79 Å². The number of fused-ring (bicyclic) bond motifs is 1. The topological polar surface area (TPSA) is 66.6 Å². The highest BCUT2D eigenvalue weighted by Crippen LogP contribution is 2.38. The van der Waals surface area contributed by atoms with E-state index in [9.17, 15) is 9.90 Å². The Kier molecular flexibility index (Phi) is 2.71. The smallest absolute Gasteiger partial charge is 0.229 e. The van der Waals surface area contributed by atoms with Gasteiger partial charge in [0.25, 0.3) is 0 Å². The molecule has 94 valence electrons. The number of nitrogens with zero attached hydrogens (tertiary/aromatic N) is 1. The molecule has 1 amide bonds. The molecule has 4 heteroatoms. The van der Waals surface area contributed by atoms with Crippen LogP contribution in [0, 0.1) is 17.8 Å². The Hall–Kier alpha value is -0.870. The number of aliphatic hydroxyl groups is 1. The van der Waals surface area contributed by atoms with Crippen LogP contribution in [0.25, 0.3) is 0 Å². The highest BCUT2D eigenvalue weighted by atomic mass is 16.3. The Morgan fingerprint density at radius 3 is 2.76 bits per heavy atom. The molecule has 0 aromatic carbocycles. The highest BCUT2D eigenvalue weighted by molar-refractivity contribution is 5.81. The van der Waals surface area contributed by atoms with Crippen molar-refractivity contribution in [2.24, 2.45) is 23.5 Å². The Morgan fingerprint density at radius 2 is 2.12 bits per heavy atom. The van der Waals surface area contributed by atoms with E-state index in [-0.39, 0.29) is 24.0 Å². The van der Waals surface area contributed by atoms with E-state index in [1.165, 1.54) is 0 Å². The van der Waals surface area contributed by atoms with E-state index in [0.717, 1.165) is 32.4 Å². The zero-order chi connectivity index (χ0) is 12.0. The van der Waals surface area contributed by atoms with Gasteiger partial charge in [-0.25, -0.2) is 0 Å². The van der Waals surface area contributed by atoms with Crippen LogP contribution in [0.4, 0.5) is 0 Å². The average molecular weight is 236 g/mol. The molecule has 17 heavy (non-hydrogen) atoms. The third-order valence-electron chi connectivity index (χ3n) is 4.56. The minimum atomic E-state index is -0.195. The van der Waals surface area contributed by atoms with Crippen LogP contribution in [0.1, 0.15) is 19.3 Å². The van der Waals surface area contributed by atoms with E-state index >= 15 is 0 Å². The van der Waals surface area contributed by atoms with Crippen molar-refractivity contribution in [2.45, 2.75) is 31.4 Å². The number of hydrogen-bond acceptors (Lipinski definition) is 3. The summed E-state index contributed by atoms with van der Waals surface area (Å²) in [5, 5.41) is 9.83. The van der Waals surface area contributed by atoms with Gasteiger partial charge in [-0.3, -0.25) is 4.79 Å². The molecule has 4 nitrogen and oxygen atoms in total. The summed E-state index contributed by atoms with van der Waals surface area (Å²) < 4.78 is 0. The fraction of sp³-hybridized carbons (Fsp3) is 0.769. The van der Waals surface area contributed by atoms with Gasteiger partial charge < -0.3 is 15.7 Å². The third-order valence-corrected chi connectivity index (χ3v) is 4.56. The van der Waals surface area contributed by atoms with Crippen LogP contribution in [-0.4, -0.2) is 41.1 Å². The van der Waals surface area contributed by atoms with Crippen molar-refractivity contribution in [3.05, 3.63) is 12.2 Å². The number of carbonyl (C=O) groups excluding carboxylic acids is 1. The number of amides is 1. The van der Waals surface area contributed by atoms with Crippen LogP contribution >= 0.6 is 0 Å². The van der Waals surface area contributed by atoms with Crippen molar-refractivity contribution in [2.75, 3.05) is 13.1 Å². The molecule has 0 spiro atoms. The largest absolute Gasteiger partial charge is 0.393 e. The summed E-state index contributed by atoms with van der Waals surface area (Å²) in [4.78, 5) is 14.2. The normalized spacial score (nSPS) is 44.4. The lowest BCUT2D eigenvalue weighted by atomic mass is 10.00. The van der Waals surface area contributed by atoms with Gasteiger partial charge in [-0.15, -0.1) is 0 Å². The second-order valence-corrected chi connectivity index (χ2v) is 5.70. The molecule has 5 atom stereocenters. The Labute approximate surface area is 101 Å². The SMILES string of the molecule is NC1C=CC(C(=O)N2CC3CCC(O)C3C2)C1. The van der Waals surface area contributed by atoms with E-state index < -0.39 is 0 Å². The monoisotopic (exact) mass is 236 g/mol. The summed E-state index contributed by atoms with van der Waals surface area (Å²) in [5.41, 5.74) is 5.78. The lowest BCUT2D eigenvalue weighted by Gasteiger charge is -2.21. The fourth-order valence-corrected chi connectivity index (χ4v) is 3.56. The van der Waals surface area contributed by atoms with Gasteiger partial charge in [0.05, 0.1) is 12.0 Å². The maximum atomic E-state index is 12.3. The number of nitrogens with two attached hydrogens (primary N) is 1. The minimum absolute atomic E-state index is 0.0269. The number of rotatable bonds is 1. The van der Waals surface area contributed by atoms with Crippen molar-refractivity contribution in [1.29, 1.82) is 0 Å². The molecule has 1 heterocycles. The Morgan fingerprint density at radius 1 is 1.29 bits per heavy atom. The van der Waals surface area contributed by atoms with Crippen molar-refractivity contribution in [3.63, 3.8) is 0 Å². The first-order chi connectivity index (χ1) is 8.15. The second-order valence-electron chi connectivity index (χ2n) is 5.70. The van der Waals surface area contributed by atoms with Gasteiger partial charge in [0.15, 0.2) is 0 Å². The molecule has 2 aliphatic carbocycles. The van der Waals surface area contributed by atoms with Gasteiger partial charge in [-0.05, 0) is 25.2 Å². The highest BCUT2D eigenvalue weighted by Gasteiger charge is 2.44. The van der Waals surface area contributed by atoms with Gasteiger partial charge in [-0.1, -0.05) is 12.2 Å². The van der Waals surface area contributed by atoms with Gasteiger partial charge >= 0.3 is 0 Å². The Balaban J connectivity index is 1.63. The van der Waals surface area contributed by atoms with Crippen molar-refractivity contribution in [3.8, 4) is 0 Å². The van der Waals surface area contributed by atoms with Crippen LogP contribution < -0.4 is 5.73 Å². The molecular weight excluding hydrogens is 216 g/mol. The molecule has 2 fully saturated rings. The first-order valence-corrected chi connectivity index (χ1v) is 6.56. The van der Waals surface area contributed by atoms with Crippen LogP contribution in [0.2, 0.25) is 0 Å². The van der Waals surface area contributed by atoms with Gasteiger partial charge in [-0.2, -0.15) is 0 Å². The summed E-state index contributed by atoms with van der Waals surface area (Å²) in [6, 6.07) is 0.0386. The molecule has 0 radical (unpaired) electrons. The summed E-state index contributed by atoms with van der Waals surface area (Å²) in [7, 11) is 0. The molecule has 3 aliphatic rings. The third kappa shape index (κ3) is 1.89. The zero-order valence-corrected chi connectivity index (χ0v) is 9.96. The lowest BCUT2D eigenvalue weighted by molar-refractivity contribution is -0.133. The van der Waals surface area contributed by atoms with E-state index in [1.54, 1.807) is 0 Å². The first kappa shape index (κ1) is 11.2. The average Bonchev–Trinajstić information content (AvgIpc) is 2.96. The number of hydrogen-bond donors (Lipinski definition) is 2. The summed E-state index contributed by atoms with van der Waals surface area (Å²) >= 11 is 0. The van der Waals surface area contributed by atoms with E-state index in [2.05, 4.69) is 0 Å². The molecule has 5 unspecified atom stereocenters. The number of aliphatic hydroxyl groups excluding tert-OH is 1. The molecule has 3 rings (SSSR count). The van der Waals surface area contributed by atoms with E-state index in [1.807, 2.05) is 17.1 Å². The predicted molar refractivity (Wildman–Crippen MR) is 64.0 cm³/mol. The lowest BCUT2D eigenvalue weighted by Crippen LogP contribution is -2.35.